The second kappa shape index (κ2) is 11.5. The van der Waals surface area contributed by atoms with E-state index in [-0.39, 0.29) is 12.7 Å². The highest BCUT2D eigenvalue weighted by Gasteiger charge is 2.51. The van der Waals surface area contributed by atoms with E-state index in [2.05, 4.69) is 4.74 Å². The Morgan fingerprint density at radius 1 is 0.750 bits per heavy atom. The Kier molecular flexibility index (Phi) is 9.16. The van der Waals surface area contributed by atoms with Crippen molar-refractivity contribution in [1.82, 2.24) is 0 Å². The summed E-state index contributed by atoms with van der Waals surface area (Å²) < 4.78 is 75.5. The van der Waals surface area contributed by atoms with Crippen molar-refractivity contribution in [3.63, 3.8) is 0 Å². The first-order valence-corrected chi connectivity index (χ1v) is 11.1. The Hall–Kier alpha value is -3.51. The van der Waals surface area contributed by atoms with Crippen molar-refractivity contribution in [2.45, 2.75) is 39.6 Å². The number of benzene rings is 3. The van der Waals surface area contributed by atoms with Crippen molar-refractivity contribution in [1.29, 1.82) is 0 Å². The fraction of sp³-hybridized carbons (Fsp3) is 0.167. The number of carboxylic acid groups (broad SMARTS) is 1. The van der Waals surface area contributed by atoms with Gasteiger partial charge in [0.1, 0.15) is 5.75 Å². The van der Waals surface area contributed by atoms with Gasteiger partial charge in [-0.15, -0.1) is 0 Å². The van der Waals surface area contributed by atoms with E-state index in [4.69, 9.17) is 5.11 Å². The van der Waals surface area contributed by atoms with Gasteiger partial charge in [-0.05, 0) is 55.5 Å². The van der Waals surface area contributed by atoms with Crippen LogP contribution in [0.2, 0.25) is 0 Å². The molecule has 0 spiro atoms. The Bertz CT molecular complexity index is 1110. The average Bonchev–Trinajstić information content (AvgIpc) is 2.81. The minimum absolute atomic E-state index is 0.113. The number of aliphatic hydroxyl groups is 1. The lowest BCUT2D eigenvalue weighted by molar-refractivity contribution is -0.351. The summed E-state index contributed by atoms with van der Waals surface area (Å²) in [6.07, 6.45) is -10.2. The lowest BCUT2D eigenvalue weighted by Crippen LogP contribution is -2.56. The molecule has 3 rings (SSSR count). The van der Waals surface area contributed by atoms with Crippen LogP contribution >= 0.6 is 0 Å². The van der Waals surface area contributed by atoms with E-state index >= 15 is 0 Å². The molecular formula is C24H18F6O5S. The van der Waals surface area contributed by atoms with E-state index in [1.54, 1.807) is 12.1 Å². The average molecular weight is 532 g/mol. The maximum atomic E-state index is 12.3. The highest BCUT2D eigenvalue weighted by atomic mass is 32.2. The largest absolute Gasteiger partial charge is 0.547 e. The number of carbonyl (C=O) groups is 2. The number of esters is 1. The quantitative estimate of drug-likeness (QED) is 0.229. The number of alkyl halides is 6. The summed E-state index contributed by atoms with van der Waals surface area (Å²) in [5.74, 6) is -4.92. The van der Waals surface area contributed by atoms with Crippen LogP contribution in [0.4, 0.5) is 26.3 Å². The van der Waals surface area contributed by atoms with Crippen LogP contribution in [-0.2, 0) is 20.5 Å². The molecule has 0 heterocycles. The van der Waals surface area contributed by atoms with Gasteiger partial charge in [0.15, 0.2) is 20.3 Å². The molecule has 192 valence electrons. The van der Waals surface area contributed by atoms with Gasteiger partial charge in [-0.1, -0.05) is 36.4 Å². The number of rotatable bonds is 5. The van der Waals surface area contributed by atoms with Crippen LogP contribution in [0.3, 0.4) is 0 Å². The predicted octanol–water partition coefficient (Wildman–Crippen LogP) is 4.30. The highest BCUT2D eigenvalue weighted by molar-refractivity contribution is 7.97. The lowest BCUT2D eigenvalue weighted by atomic mass is 10.1. The number of aliphatic carboxylic acids is 1. The molecule has 0 bridgehead atoms. The molecular weight excluding hydrogens is 514 g/mol. The van der Waals surface area contributed by atoms with Gasteiger partial charge in [0, 0.05) is 0 Å². The second-order valence-electron chi connectivity index (χ2n) is 7.15. The summed E-state index contributed by atoms with van der Waals surface area (Å²) in [7, 11) is -0.415. The van der Waals surface area contributed by atoms with Gasteiger partial charge in [0.25, 0.3) is 0 Å². The molecule has 1 atom stereocenters. The smallest absolute Gasteiger partial charge is 0.491 e. The van der Waals surface area contributed by atoms with Crippen LogP contribution < -0.4 is 9.84 Å². The summed E-state index contributed by atoms with van der Waals surface area (Å²) in [5, 5.41) is 17.7. The van der Waals surface area contributed by atoms with Gasteiger partial charge in [-0.2, -0.15) is 26.3 Å². The predicted molar refractivity (Wildman–Crippen MR) is 115 cm³/mol. The zero-order valence-corrected chi connectivity index (χ0v) is 19.2. The van der Waals surface area contributed by atoms with Gasteiger partial charge in [-0.3, -0.25) is 0 Å². The normalized spacial score (nSPS) is 13.2. The zero-order chi connectivity index (χ0) is 27.1. The molecule has 5 nitrogen and oxygen atoms in total. The molecule has 3 aromatic rings. The van der Waals surface area contributed by atoms with E-state index in [0.29, 0.717) is 0 Å². The van der Waals surface area contributed by atoms with Crippen molar-refractivity contribution in [2.75, 3.05) is 0 Å². The molecule has 0 aliphatic carbocycles. The topological polar surface area (TPSA) is 86.7 Å². The van der Waals surface area contributed by atoms with E-state index in [9.17, 15) is 41.0 Å². The zero-order valence-electron chi connectivity index (χ0n) is 18.3. The fourth-order valence-corrected chi connectivity index (χ4v) is 4.53. The van der Waals surface area contributed by atoms with Crippen molar-refractivity contribution >= 4 is 22.8 Å². The first kappa shape index (κ1) is 28.7. The first-order valence-electron chi connectivity index (χ1n) is 9.88. The van der Waals surface area contributed by atoms with E-state index in [1.165, 1.54) is 12.1 Å². The fourth-order valence-electron chi connectivity index (χ4n) is 2.45. The molecule has 0 saturated heterocycles. The summed E-state index contributed by atoms with van der Waals surface area (Å²) in [6.45, 7) is 0.113. The minimum atomic E-state index is -5.19. The van der Waals surface area contributed by atoms with Gasteiger partial charge >= 0.3 is 18.3 Å². The summed E-state index contributed by atoms with van der Waals surface area (Å²) >= 11 is 0. The summed E-state index contributed by atoms with van der Waals surface area (Å²) in [6, 6.07) is 25.8. The number of hydrogen-bond acceptors (Lipinski definition) is 5. The third-order valence-corrected chi connectivity index (χ3v) is 6.64. The second-order valence-corrected chi connectivity index (χ2v) is 9.17. The van der Waals surface area contributed by atoms with Gasteiger partial charge in [-0.25, -0.2) is 4.79 Å². The number of hydrogen-bond donors (Lipinski definition) is 1. The third kappa shape index (κ3) is 7.49. The maximum Gasteiger partial charge on any atom is 0.491 e. The Balaban J connectivity index is 0.000000388. The molecule has 0 aromatic heterocycles. The molecule has 1 N–H and O–H groups in total. The molecule has 0 aliphatic rings. The summed E-state index contributed by atoms with van der Waals surface area (Å²) in [5.41, 5.74) is -3.76. The number of carboxylic acids is 1. The Morgan fingerprint density at radius 3 is 1.44 bits per heavy atom. The van der Waals surface area contributed by atoms with Gasteiger partial charge in [0.05, 0.1) is 16.9 Å². The molecule has 0 radical (unpaired) electrons. The lowest BCUT2D eigenvalue weighted by Gasteiger charge is -2.26. The van der Waals surface area contributed by atoms with Crippen LogP contribution in [0.1, 0.15) is 6.92 Å². The van der Waals surface area contributed by atoms with E-state index in [1.807, 2.05) is 60.7 Å². The Morgan fingerprint density at radius 2 is 1.14 bits per heavy atom. The SMILES string of the molecule is CC(O)(C(=O)[O-])C(F)(F)F.O=C(Oc1ccc([S+](c2ccccc2)c2ccccc2)cc1)C(F)(F)F. The van der Waals surface area contributed by atoms with Gasteiger partial charge < -0.3 is 19.7 Å². The van der Waals surface area contributed by atoms with Gasteiger partial charge in [0.2, 0.25) is 0 Å². The monoisotopic (exact) mass is 532 g/mol. The van der Waals surface area contributed by atoms with Crippen molar-refractivity contribution in [3.8, 4) is 5.75 Å². The molecule has 0 aliphatic heterocycles. The van der Waals surface area contributed by atoms with Crippen LogP contribution in [0.15, 0.2) is 99.6 Å². The number of halogens is 6. The van der Waals surface area contributed by atoms with Crippen LogP contribution in [0.5, 0.6) is 5.75 Å². The molecule has 0 saturated carbocycles. The third-order valence-electron chi connectivity index (χ3n) is 4.41. The molecule has 1 unspecified atom stereocenters. The standard InChI is InChI=1S/C20H14F3O2S.C4H5F3O3/c21-20(22,23)19(24)25-15-11-13-18(14-12-15)26(16-7-3-1-4-8-16)17-9-5-2-6-10-17;1-3(10,2(8)9)4(5,6)7/h1-14H;10H,1H3,(H,8,9)/q+1;/p-1. The van der Waals surface area contributed by atoms with Crippen LogP contribution in [-0.4, -0.2) is 35.0 Å². The highest BCUT2D eigenvalue weighted by Crippen LogP contribution is 2.32. The van der Waals surface area contributed by atoms with Crippen LogP contribution in [0.25, 0.3) is 0 Å². The van der Waals surface area contributed by atoms with Crippen molar-refractivity contribution in [3.05, 3.63) is 84.9 Å². The molecule has 0 amide bonds. The summed E-state index contributed by atoms with van der Waals surface area (Å²) in [4.78, 5) is 23.6. The number of ether oxygens (including phenoxy) is 1. The molecule has 36 heavy (non-hydrogen) atoms. The van der Waals surface area contributed by atoms with Crippen LogP contribution in [0, 0.1) is 0 Å². The minimum Gasteiger partial charge on any atom is -0.547 e. The Labute approximate surface area is 204 Å². The van der Waals surface area contributed by atoms with E-state index in [0.717, 1.165) is 14.7 Å². The molecule has 0 fully saturated rings. The van der Waals surface area contributed by atoms with Crippen molar-refractivity contribution in [2.24, 2.45) is 0 Å². The maximum absolute atomic E-state index is 12.3. The molecule has 12 heteroatoms. The van der Waals surface area contributed by atoms with Crippen molar-refractivity contribution < 1.29 is 50.9 Å². The molecule has 3 aromatic carbocycles. The first-order chi connectivity index (χ1) is 16.6. The van der Waals surface area contributed by atoms with E-state index < -0.39 is 40.8 Å². The number of carbonyl (C=O) groups excluding carboxylic acids is 2.